The van der Waals surface area contributed by atoms with Crippen LogP contribution in [0.5, 0.6) is 0 Å². The maximum atomic E-state index is 2.33. The zero-order valence-electron chi connectivity index (χ0n) is 19.9. The molecule has 0 heterocycles. The van der Waals surface area contributed by atoms with Crippen LogP contribution >= 0.6 is 0 Å². The molecule has 0 atom stereocenters. The van der Waals surface area contributed by atoms with Crippen LogP contribution in [0.25, 0.3) is 11.1 Å². The largest absolute Gasteiger partial charge is 0.378 e. The lowest BCUT2D eigenvalue weighted by atomic mass is 9.90. The Morgan fingerprint density at radius 3 is 1.67 bits per heavy atom. The molecule has 0 bridgehead atoms. The number of allylic oxidation sites excluding steroid dienone is 7. The van der Waals surface area contributed by atoms with Crippen LogP contribution < -0.4 is 4.90 Å². The van der Waals surface area contributed by atoms with Gasteiger partial charge in [0, 0.05) is 31.9 Å². The van der Waals surface area contributed by atoms with E-state index in [1.807, 2.05) is 0 Å². The number of hydrogen-bond donors (Lipinski definition) is 0. The summed E-state index contributed by atoms with van der Waals surface area (Å²) in [6.07, 6.45) is 11.1. The van der Waals surface area contributed by atoms with E-state index in [2.05, 4.69) is 153 Å². The summed E-state index contributed by atoms with van der Waals surface area (Å²) in [5, 5.41) is 0. The Hall–Kier alpha value is -3.91. The lowest BCUT2D eigenvalue weighted by Crippen LogP contribution is -2.09. The van der Waals surface area contributed by atoms with Crippen LogP contribution in [0.2, 0.25) is 0 Å². The van der Waals surface area contributed by atoms with Gasteiger partial charge in [0.1, 0.15) is 14.1 Å². The summed E-state index contributed by atoms with van der Waals surface area (Å²) in [7, 11) is 8.28. The second-order valence-electron chi connectivity index (χ2n) is 8.59. The Morgan fingerprint density at radius 1 is 0.636 bits per heavy atom. The Morgan fingerprint density at radius 2 is 1.15 bits per heavy atom. The smallest absolute Gasteiger partial charge is 0.199 e. The molecule has 0 radical (unpaired) electrons. The van der Waals surface area contributed by atoms with E-state index in [4.69, 9.17) is 0 Å². The van der Waals surface area contributed by atoms with E-state index in [0.29, 0.717) is 0 Å². The molecule has 4 rings (SSSR count). The maximum absolute atomic E-state index is 2.33. The zero-order chi connectivity index (χ0) is 23.2. The first kappa shape index (κ1) is 22.3. The summed E-state index contributed by atoms with van der Waals surface area (Å²) in [4.78, 5) is 2.13. The van der Waals surface area contributed by atoms with Crippen molar-refractivity contribution in [1.82, 2.24) is 0 Å². The SMILES string of the molecule is CN(C)c1ccc(/C(=C/C(=C2C=CC(=[N+](C)C)C=C2)c2ccccc2)c2ccccc2)cc1. The van der Waals surface area contributed by atoms with Crippen molar-refractivity contribution < 1.29 is 4.58 Å². The normalized spacial score (nSPS) is 13.3. The minimum atomic E-state index is 1.19. The minimum absolute atomic E-state index is 1.19. The molecular weight excluding hydrogens is 400 g/mol. The van der Waals surface area contributed by atoms with Gasteiger partial charge in [0.25, 0.3) is 0 Å². The molecular formula is C31H31N2+. The van der Waals surface area contributed by atoms with Gasteiger partial charge in [0.05, 0.1) is 0 Å². The number of rotatable bonds is 5. The first-order valence-electron chi connectivity index (χ1n) is 11.3. The lowest BCUT2D eigenvalue weighted by molar-refractivity contribution is -0.462. The van der Waals surface area contributed by atoms with Gasteiger partial charge in [-0.1, -0.05) is 72.8 Å². The second kappa shape index (κ2) is 10.1. The number of anilines is 1. The predicted molar refractivity (Wildman–Crippen MR) is 143 cm³/mol. The van der Waals surface area contributed by atoms with E-state index >= 15 is 0 Å². The van der Waals surface area contributed by atoms with Crippen molar-refractivity contribution in [2.24, 2.45) is 0 Å². The summed E-state index contributed by atoms with van der Waals surface area (Å²) in [5.74, 6) is 0. The average molecular weight is 432 g/mol. The van der Waals surface area contributed by atoms with E-state index in [1.54, 1.807) is 0 Å². The van der Waals surface area contributed by atoms with Gasteiger partial charge in [0.15, 0.2) is 5.71 Å². The topological polar surface area (TPSA) is 6.25 Å². The van der Waals surface area contributed by atoms with E-state index in [9.17, 15) is 0 Å². The Balaban J connectivity index is 1.92. The fourth-order valence-corrected chi connectivity index (χ4v) is 3.92. The summed E-state index contributed by atoms with van der Waals surface area (Å²) in [6, 6.07) is 30.1. The van der Waals surface area contributed by atoms with Crippen molar-refractivity contribution in [3.63, 3.8) is 0 Å². The minimum Gasteiger partial charge on any atom is -0.378 e. The first-order valence-corrected chi connectivity index (χ1v) is 11.3. The van der Waals surface area contributed by atoms with E-state index in [1.165, 1.54) is 44.8 Å². The van der Waals surface area contributed by atoms with Crippen LogP contribution in [-0.4, -0.2) is 38.5 Å². The highest BCUT2D eigenvalue weighted by Crippen LogP contribution is 2.32. The third kappa shape index (κ3) is 5.30. The Bertz CT molecular complexity index is 1230. The summed E-state index contributed by atoms with van der Waals surface area (Å²) < 4.78 is 2.13. The molecule has 1 aliphatic carbocycles. The van der Waals surface area contributed by atoms with Crippen molar-refractivity contribution >= 4 is 22.5 Å². The molecule has 0 unspecified atom stereocenters. The van der Waals surface area contributed by atoms with E-state index in [0.717, 1.165) is 0 Å². The van der Waals surface area contributed by atoms with Crippen molar-refractivity contribution in [1.29, 1.82) is 0 Å². The number of nitrogens with zero attached hydrogens (tertiary/aromatic N) is 2. The predicted octanol–water partition coefficient (Wildman–Crippen LogP) is 6.48. The van der Waals surface area contributed by atoms with Gasteiger partial charge in [-0.15, -0.1) is 0 Å². The quantitative estimate of drug-likeness (QED) is 0.419. The average Bonchev–Trinajstić information content (AvgIpc) is 2.86. The van der Waals surface area contributed by atoms with Crippen LogP contribution in [-0.2, 0) is 0 Å². The van der Waals surface area contributed by atoms with E-state index < -0.39 is 0 Å². The molecule has 33 heavy (non-hydrogen) atoms. The first-order chi connectivity index (χ1) is 16.0. The highest BCUT2D eigenvalue weighted by molar-refractivity contribution is 6.04. The van der Waals surface area contributed by atoms with E-state index in [-0.39, 0.29) is 0 Å². The Kier molecular flexibility index (Phi) is 6.85. The zero-order valence-corrected chi connectivity index (χ0v) is 19.9. The van der Waals surface area contributed by atoms with Crippen molar-refractivity contribution in [3.05, 3.63) is 138 Å². The molecule has 0 aromatic heterocycles. The molecule has 3 aromatic carbocycles. The van der Waals surface area contributed by atoms with Crippen LogP contribution in [0, 0.1) is 0 Å². The van der Waals surface area contributed by atoms with Gasteiger partial charge in [0.2, 0.25) is 0 Å². The molecule has 0 saturated carbocycles. The monoisotopic (exact) mass is 431 g/mol. The van der Waals surface area contributed by atoms with Gasteiger partial charge in [-0.25, -0.2) is 4.58 Å². The summed E-state index contributed by atoms with van der Waals surface area (Å²) in [5.41, 5.74) is 9.60. The fraction of sp³-hybridized carbons (Fsp3) is 0.129. The third-order valence-electron chi connectivity index (χ3n) is 5.85. The van der Waals surface area contributed by atoms with Crippen LogP contribution in [0.3, 0.4) is 0 Å². The van der Waals surface area contributed by atoms with Crippen LogP contribution in [0.4, 0.5) is 5.69 Å². The Labute approximate surface area is 197 Å². The maximum Gasteiger partial charge on any atom is 0.199 e. The molecule has 0 aliphatic heterocycles. The van der Waals surface area contributed by atoms with Gasteiger partial charge >= 0.3 is 0 Å². The highest BCUT2D eigenvalue weighted by Gasteiger charge is 2.13. The molecule has 164 valence electrons. The molecule has 0 spiro atoms. The van der Waals surface area contributed by atoms with Gasteiger partial charge in [-0.2, -0.15) is 0 Å². The second-order valence-corrected chi connectivity index (χ2v) is 8.59. The van der Waals surface area contributed by atoms with Gasteiger partial charge in [-0.3, -0.25) is 0 Å². The fourth-order valence-electron chi connectivity index (χ4n) is 3.92. The summed E-state index contributed by atoms with van der Waals surface area (Å²) in [6.45, 7) is 0. The number of hydrogen-bond acceptors (Lipinski definition) is 1. The molecule has 1 aliphatic rings. The molecule has 3 aromatic rings. The van der Waals surface area contributed by atoms with Crippen molar-refractivity contribution in [2.45, 2.75) is 0 Å². The van der Waals surface area contributed by atoms with Crippen molar-refractivity contribution in [2.75, 3.05) is 33.1 Å². The highest BCUT2D eigenvalue weighted by atomic mass is 15.1. The molecule has 0 saturated heterocycles. The van der Waals surface area contributed by atoms with Crippen LogP contribution in [0.1, 0.15) is 16.7 Å². The summed E-state index contributed by atoms with van der Waals surface area (Å²) >= 11 is 0. The third-order valence-corrected chi connectivity index (χ3v) is 5.85. The van der Waals surface area contributed by atoms with Crippen molar-refractivity contribution in [3.8, 4) is 0 Å². The molecule has 0 amide bonds. The molecule has 2 heteroatoms. The van der Waals surface area contributed by atoms with Gasteiger partial charge in [-0.05, 0) is 63.8 Å². The standard InChI is InChI=1S/C31H31N2/c1-32(2)28-19-15-26(16-20-28)30(24-11-7-5-8-12-24)23-31(25-13-9-6-10-14-25)27-17-21-29(22-18-27)33(3)4/h5-23H,1-4H3/q+1. The molecule has 2 nitrogen and oxygen atoms in total. The number of benzene rings is 3. The molecule has 0 N–H and O–H groups in total. The lowest BCUT2D eigenvalue weighted by Gasteiger charge is -2.16. The van der Waals surface area contributed by atoms with Crippen LogP contribution in [0.15, 0.2) is 121 Å². The molecule has 0 fully saturated rings. The van der Waals surface area contributed by atoms with Gasteiger partial charge < -0.3 is 4.90 Å².